The number of halogens is 1. The summed E-state index contributed by atoms with van der Waals surface area (Å²) in [6.45, 7) is 8.68. The largest absolute Gasteiger partial charge is 0.438 e. The zero-order valence-corrected chi connectivity index (χ0v) is 20.7. The highest BCUT2D eigenvalue weighted by Crippen LogP contribution is 2.34. The molecule has 2 aromatic carbocycles. The molecule has 3 amide bonds. The van der Waals surface area contributed by atoms with Crippen LogP contribution in [-0.2, 0) is 20.9 Å². The van der Waals surface area contributed by atoms with Gasteiger partial charge in [0.2, 0.25) is 11.8 Å². The summed E-state index contributed by atoms with van der Waals surface area (Å²) in [4.78, 5) is 39.5. The maximum absolute atomic E-state index is 13.3. The second kappa shape index (κ2) is 11.8. The lowest BCUT2D eigenvalue weighted by Gasteiger charge is -2.24. The fourth-order valence-corrected chi connectivity index (χ4v) is 3.92. The van der Waals surface area contributed by atoms with Gasteiger partial charge in [0.05, 0.1) is 6.54 Å². The van der Waals surface area contributed by atoms with E-state index in [4.69, 9.17) is 4.74 Å². The summed E-state index contributed by atoms with van der Waals surface area (Å²) in [5.41, 5.74) is 1.96. The van der Waals surface area contributed by atoms with Gasteiger partial charge in [-0.1, -0.05) is 52.0 Å². The molecule has 0 aliphatic carbocycles. The fraction of sp³-hybridized carbons (Fsp3) is 0.444. The van der Waals surface area contributed by atoms with Crippen molar-refractivity contribution in [3.63, 3.8) is 0 Å². The van der Waals surface area contributed by atoms with Gasteiger partial charge in [0, 0.05) is 18.7 Å². The number of nitrogens with zero attached hydrogens (tertiary/aromatic N) is 1. The minimum absolute atomic E-state index is 0.0760. The first-order valence-corrected chi connectivity index (χ1v) is 12.0. The molecule has 35 heavy (non-hydrogen) atoms. The van der Waals surface area contributed by atoms with Crippen LogP contribution in [0.15, 0.2) is 48.5 Å². The Balaban J connectivity index is 1.81. The van der Waals surface area contributed by atoms with E-state index in [1.54, 1.807) is 36.4 Å². The third-order valence-corrected chi connectivity index (χ3v) is 5.76. The number of benzene rings is 2. The van der Waals surface area contributed by atoms with E-state index in [1.807, 2.05) is 13.8 Å². The Hall–Kier alpha value is -3.42. The molecular formula is C27H34FN3O4. The molecule has 1 saturated heterocycles. The number of cyclic esters (lactones) is 1. The van der Waals surface area contributed by atoms with Gasteiger partial charge in [-0.3, -0.25) is 14.5 Å². The lowest BCUT2D eigenvalue weighted by molar-refractivity contribution is -0.126. The van der Waals surface area contributed by atoms with Crippen LogP contribution in [0.3, 0.4) is 0 Å². The molecule has 2 unspecified atom stereocenters. The quantitative estimate of drug-likeness (QED) is 0.496. The van der Waals surface area contributed by atoms with Crippen molar-refractivity contribution in [1.29, 1.82) is 0 Å². The fourth-order valence-electron chi connectivity index (χ4n) is 3.92. The Kier molecular flexibility index (Phi) is 8.84. The number of hydrogen-bond acceptors (Lipinski definition) is 4. The molecule has 188 valence electrons. The lowest BCUT2D eigenvalue weighted by Crippen LogP contribution is -2.46. The van der Waals surface area contributed by atoms with Crippen molar-refractivity contribution in [3.05, 3.63) is 65.5 Å². The normalized spacial score (nSPS) is 17.6. The third kappa shape index (κ3) is 7.28. The molecule has 0 spiro atoms. The molecule has 1 aliphatic heterocycles. The zero-order chi connectivity index (χ0) is 25.5. The van der Waals surface area contributed by atoms with Crippen LogP contribution in [0.25, 0.3) is 0 Å². The minimum Gasteiger partial charge on any atom is -0.438 e. The van der Waals surface area contributed by atoms with Crippen molar-refractivity contribution in [1.82, 2.24) is 10.2 Å². The molecule has 0 saturated carbocycles. The summed E-state index contributed by atoms with van der Waals surface area (Å²) in [5, 5.41) is 5.78. The Morgan fingerprint density at radius 1 is 1.00 bits per heavy atom. The number of carbonyl (C=O) groups excluding carboxylic acids is 3. The van der Waals surface area contributed by atoms with Crippen LogP contribution in [0, 0.1) is 17.7 Å². The second-order valence-corrected chi connectivity index (χ2v) is 9.75. The number of amides is 3. The van der Waals surface area contributed by atoms with Crippen LogP contribution in [-0.4, -0.2) is 35.4 Å². The molecule has 2 atom stereocenters. The zero-order valence-electron chi connectivity index (χ0n) is 20.7. The van der Waals surface area contributed by atoms with Gasteiger partial charge >= 0.3 is 6.09 Å². The van der Waals surface area contributed by atoms with Gasteiger partial charge in [0.25, 0.3) is 0 Å². The smallest absolute Gasteiger partial charge is 0.411 e. The number of hydrogen-bond donors (Lipinski definition) is 2. The summed E-state index contributed by atoms with van der Waals surface area (Å²) >= 11 is 0. The Bertz CT molecular complexity index is 1020. The number of carbonyl (C=O) groups is 3. The van der Waals surface area contributed by atoms with Crippen molar-refractivity contribution in [2.45, 2.75) is 59.2 Å². The van der Waals surface area contributed by atoms with Gasteiger partial charge in [0.15, 0.2) is 12.1 Å². The molecule has 1 heterocycles. The van der Waals surface area contributed by atoms with Crippen LogP contribution in [0.2, 0.25) is 0 Å². The molecule has 2 aromatic rings. The maximum Gasteiger partial charge on any atom is 0.411 e. The van der Waals surface area contributed by atoms with Crippen LogP contribution in [0.5, 0.6) is 0 Å². The van der Waals surface area contributed by atoms with E-state index in [0.29, 0.717) is 35.7 Å². The van der Waals surface area contributed by atoms with E-state index in [0.717, 1.165) is 6.42 Å². The average Bonchev–Trinajstić information content (AvgIpc) is 3.11. The SMILES string of the molecule is CC(C)CCNC(=O)C1C(c2ccc(NC(=O)CC(C)C)cc2)OC(=O)N1Cc1ccc(F)cc1. The topological polar surface area (TPSA) is 87.7 Å². The van der Waals surface area contributed by atoms with Gasteiger partial charge in [-0.2, -0.15) is 0 Å². The molecular weight excluding hydrogens is 449 g/mol. The summed E-state index contributed by atoms with van der Waals surface area (Å²) in [6.07, 6.45) is -0.209. The molecule has 1 fully saturated rings. The summed E-state index contributed by atoms with van der Waals surface area (Å²) in [5.74, 6) is -0.0967. The molecule has 0 aromatic heterocycles. The Morgan fingerprint density at radius 2 is 1.66 bits per heavy atom. The van der Waals surface area contributed by atoms with Crippen LogP contribution in [0.4, 0.5) is 14.9 Å². The van der Waals surface area contributed by atoms with Crippen LogP contribution in [0.1, 0.15) is 57.8 Å². The predicted octanol–water partition coefficient (Wildman–Crippen LogP) is 5.03. The van der Waals surface area contributed by atoms with Crippen LogP contribution < -0.4 is 10.6 Å². The lowest BCUT2D eigenvalue weighted by atomic mass is 10.00. The molecule has 3 rings (SSSR count). The number of anilines is 1. The Morgan fingerprint density at radius 3 is 2.26 bits per heavy atom. The maximum atomic E-state index is 13.3. The van der Waals surface area contributed by atoms with Crippen LogP contribution >= 0.6 is 0 Å². The van der Waals surface area contributed by atoms with Gasteiger partial charge in [-0.25, -0.2) is 9.18 Å². The van der Waals surface area contributed by atoms with E-state index >= 15 is 0 Å². The first-order chi connectivity index (χ1) is 16.6. The standard InChI is InChI=1S/C27H34FN3O4/c1-17(2)13-14-29-26(33)24-25(20-7-11-22(12-8-20)30-23(32)15-18(3)4)35-27(34)31(24)16-19-5-9-21(28)10-6-19/h5-12,17-18,24-25H,13-16H2,1-4H3,(H,29,33)(H,30,32). The Labute approximate surface area is 206 Å². The molecule has 7 nitrogen and oxygen atoms in total. The van der Waals surface area contributed by atoms with E-state index in [1.165, 1.54) is 17.0 Å². The van der Waals surface area contributed by atoms with Crippen molar-refractivity contribution in [3.8, 4) is 0 Å². The minimum atomic E-state index is -0.888. The number of ether oxygens (including phenoxy) is 1. The predicted molar refractivity (Wildman–Crippen MR) is 132 cm³/mol. The number of nitrogens with one attached hydrogen (secondary N) is 2. The van der Waals surface area contributed by atoms with E-state index in [-0.39, 0.29) is 30.1 Å². The van der Waals surface area contributed by atoms with E-state index < -0.39 is 18.2 Å². The van der Waals surface area contributed by atoms with Gasteiger partial charge in [-0.05, 0) is 53.6 Å². The molecule has 1 aliphatic rings. The highest BCUT2D eigenvalue weighted by atomic mass is 19.1. The van der Waals surface area contributed by atoms with E-state index in [9.17, 15) is 18.8 Å². The first-order valence-electron chi connectivity index (χ1n) is 12.0. The average molecular weight is 484 g/mol. The monoisotopic (exact) mass is 483 g/mol. The summed E-state index contributed by atoms with van der Waals surface area (Å²) in [6, 6.07) is 11.9. The highest BCUT2D eigenvalue weighted by Gasteiger charge is 2.46. The number of rotatable bonds is 10. The van der Waals surface area contributed by atoms with Gasteiger partial charge in [0.1, 0.15) is 5.82 Å². The summed E-state index contributed by atoms with van der Waals surface area (Å²) < 4.78 is 19.0. The molecule has 0 bridgehead atoms. The molecule has 0 radical (unpaired) electrons. The van der Waals surface area contributed by atoms with Gasteiger partial charge < -0.3 is 15.4 Å². The summed E-state index contributed by atoms with van der Waals surface area (Å²) in [7, 11) is 0. The van der Waals surface area contributed by atoms with Crippen molar-refractivity contribution < 1.29 is 23.5 Å². The second-order valence-electron chi connectivity index (χ2n) is 9.75. The molecule has 8 heteroatoms. The van der Waals surface area contributed by atoms with Gasteiger partial charge in [-0.15, -0.1) is 0 Å². The molecule has 2 N–H and O–H groups in total. The van der Waals surface area contributed by atoms with Crippen molar-refractivity contribution >= 4 is 23.6 Å². The third-order valence-electron chi connectivity index (χ3n) is 5.76. The van der Waals surface area contributed by atoms with E-state index in [2.05, 4.69) is 24.5 Å². The first kappa shape index (κ1) is 26.2. The highest BCUT2D eigenvalue weighted by molar-refractivity contribution is 5.91. The van der Waals surface area contributed by atoms with Crippen molar-refractivity contribution in [2.24, 2.45) is 11.8 Å². The van der Waals surface area contributed by atoms with Crippen molar-refractivity contribution in [2.75, 3.05) is 11.9 Å².